The standard InChI is InChI=1S/C13H17N3O3/c1-8-4-5-14-13(12(8)16(18)19)15-9-2-3-10(15)7-11(17)6-9/h4-5,9-11,17H,2-3,6-7H2,1H3. The summed E-state index contributed by atoms with van der Waals surface area (Å²) in [6, 6.07) is 2.03. The lowest BCUT2D eigenvalue weighted by atomic mass is 9.99. The fraction of sp³-hybridized carbons (Fsp3) is 0.615. The highest BCUT2D eigenvalue weighted by Crippen LogP contribution is 2.42. The maximum atomic E-state index is 11.3. The van der Waals surface area contributed by atoms with Crippen LogP contribution >= 0.6 is 0 Å². The normalized spacial score (nSPS) is 29.6. The van der Waals surface area contributed by atoms with Gasteiger partial charge in [0, 0.05) is 23.8 Å². The average molecular weight is 263 g/mol. The number of hydrogen-bond acceptors (Lipinski definition) is 5. The zero-order chi connectivity index (χ0) is 13.6. The van der Waals surface area contributed by atoms with Crippen molar-refractivity contribution < 1.29 is 10.0 Å². The van der Waals surface area contributed by atoms with E-state index in [1.54, 1.807) is 19.2 Å². The summed E-state index contributed by atoms with van der Waals surface area (Å²) in [4.78, 5) is 17.2. The van der Waals surface area contributed by atoms with Crippen molar-refractivity contribution in [2.24, 2.45) is 0 Å². The van der Waals surface area contributed by atoms with Gasteiger partial charge in [0.15, 0.2) is 0 Å². The van der Waals surface area contributed by atoms with Crippen LogP contribution in [0.5, 0.6) is 0 Å². The Hall–Kier alpha value is -1.69. The monoisotopic (exact) mass is 263 g/mol. The Bertz CT molecular complexity index is 506. The smallest absolute Gasteiger partial charge is 0.314 e. The number of aliphatic hydroxyl groups is 1. The topological polar surface area (TPSA) is 79.5 Å². The molecule has 3 heterocycles. The molecule has 102 valence electrons. The number of anilines is 1. The average Bonchev–Trinajstić information content (AvgIpc) is 2.60. The van der Waals surface area contributed by atoms with Crippen LogP contribution in [0.4, 0.5) is 11.5 Å². The van der Waals surface area contributed by atoms with E-state index < -0.39 is 0 Å². The molecule has 0 radical (unpaired) electrons. The number of nitro groups is 1. The van der Waals surface area contributed by atoms with E-state index in [4.69, 9.17) is 0 Å². The van der Waals surface area contributed by atoms with Gasteiger partial charge in [-0.3, -0.25) is 10.1 Å². The first-order valence-corrected chi connectivity index (χ1v) is 6.64. The third-order valence-electron chi connectivity index (χ3n) is 4.24. The van der Waals surface area contributed by atoms with Gasteiger partial charge < -0.3 is 10.0 Å². The molecule has 6 nitrogen and oxygen atoms in total. The Morgan fingerprint density at radius 1 is 1.42 bits per heavy atom. The van der Waals surface area contributed by atoms with E-state index in [0.717, 1.165) is 12.8 Å². The predicted molar refractivity (Wildman–Crippen MR) is 70.2 cm³/mol. The molecule has 2 aliphatic heterocycles. The maximum Gasteiger partial charge on any atom is 0.314 e. The minimum absolute atomic E-state index is 0.107. The summed E-state index contributed by atoms with van der Waals surface area (Å²) in [6.45, 7) is 1.74. The highest BCUT2D eigenvalue weighted by molar-refractivity contribution is 5.63. The number of pyridine rings is 1. The van der Waals surface area contributed by atoms with Gasteiger partial charge in [-0.25, -0.2) is 4.98 Å². The lowest BCUT2D eigenvalue weighted by Crippen LogP contribution is -2.45. The van der Waals surface area contributed by atoms with Crippen molar-refractivity contribution in [1.29, 1.82) is 0 Å². The molecule has 1 aromatic heterocycles. The van der Waals surface area contributed by atoms with Crippen LogP contribution in [-0.4, -0.2) is 33.2 Å². The Morgan fingerprint density at radius 2 is 2.05 bits per heavy atom. The first kappa shape index (κ1) is 12.3. The van der Waals surface area contributed by atoms with E-state index in [0.29, 0.717) is 24.2 Å². The highest BCUT2D eigenvalue weighted by Gasteiger charge is 2.43. The fourth-order valence-electron chi connectivity index (χ4n) is 3.44. The summed E-state index contributed by atoms with van der Waals surface area (Å²) in [7, 11) is 0. The van der Waals surface area contributed by atoms with Crippen LogP contribution in [0.1, 0.15) is 31.2 Å². The van der Waals surface area contributed by atoms with Crippen LogP contribution in [0.3, 0.4) is 0 Å². The summed E-state index contributed by atoms with van der Waals surface area (Å²) in [6.07, 6.45) is 4.68. The largest absolute Gasteiger partial charge is 0.393 e. The van der Waals surface area contributed by atoms with Crippen molar-refractivity contribution in [2.75, 3.05) is 4.90 Å². The molecule has 1 N–H and O–H groups in total. The second-order valence-corrected chi connectivity index (χ2v) is 5.47. The summed E-state index contributed by atoms with van der Waals surface area (Å²) in [5.41, 5.74) is 0.747. The van der Waals surface area contributed by atoms with E-state index in [1.807, 2.05) is 0 Å². The molecule has 6 heteroatoms. The van der Waals surface area contributed by atoms with E-state index in [-0.39, 0.29) is 28.8 Å². The third-order valence-corrected chi connectivity index (χ3v) is 4.24. The number of piperidine rings is 1. The molecule has 2 saturated heterocycles. The molecule has 0 spiro atoms. The van der Waals surface area contributed by atoms with Gasteiger partial charge in [-0.15, -0.1) is 0 Å². The molecule has 1 aromatic rings. The molecule has 0 amide bonds. The maximum absolute atomic E-state index is 11.3. The third kappa shape index (κ3) is 1.96. The minimum Gasteiger partial charge on any atom is -0.393 e. The number of nitrogens with zero attached hydrogens (tertiary/aromatic N) is 3. The number of aromatic nitrogens is 1. The van der Waals surface area contributed by atoms with Crippen LogP contribution < -0.4 is 4.90 Å². The van der Waals surface area contributed by atoms with E-state index in [9.17, 15) is 15.2 Å². The van der Waals surface area contributed by atoms with E-state index >= 15 is 0 Å². The van der Waals surface area contributed by atoms with Crippen molar-refractivity contribution in [3.05, 3.63) is 27.9 Å². The van der Waals surface area contributed by atoms with Gasteiger partial charge >= 0.3 is 5.69 Å². The Labute approximate surface area is 111 Å². The van der Waals surface area contributed by atoms with Crippen LogP contribution in [0.15, 0.2) is 12.3 Å². The van der Waals surface area contributed by atoms with Gasteiger partial charge in [0.25, 0.3) is 0 Å². The Balaban J connectivity index is 2.04. The number of hydrogen-bond donors (Lipinski definition) is 1. The molecule has 0 aliphatic carbocycles. The summed E-state index contributed by atoms with van der Waals surface area (Å²) in [5, 5.41) is 21.1. The summed E-state index contributed by atoms with van der Waals surface area (Å²) in [5.74, 6) is 0.476. The predicted octanol–water partition coefficient (Wildman–Crippen LogP) is 1.79. The lowest BCUT2D eigenvalue weighted by Gasteiger charge is -2.37. The molecule has 3 rings (SSSR count). The molecule has 2 fully saturated rings. The summed E-state index contributed by atoms with van der Waals surface area (Å²) < 4.78 is 0. The second kappa shape index (κ2) is 4.45. The number of aliphatic hydroxyl groups excluding tert-OH is 1. The van der Waals surface area contributed by atoms with Crippen LogP contribution in [0.2, 0.25) is 0 Å². The molecular weight excluding hydrogens is 246 g/mol. The SMILES string of the molecule is Cc1ccnc(N2C3CCC2CC(O)C3)c1[N+](=O)[O-]. The molecule has 2 unspecified atom stereocenters. The molecular formula is C13H17N3O3. The van der Waals surface area contributed by atoms with Gasteiger partial charge in [-0.05, 0) is 38.7 Å². The van der Waals surface area contributed by atoms with Crippen LogP contribution in [0.25, 0.3) is 0 Å². The Morgan fingerprint density at radius 3 is 2.63 bits per heavy atom. The molecule has 0 aromatic carbocycles. The van der Waals surface area contributed by atoms with Crippen LogP contribution in [0, 0.1) is 17.0 Å². The van der Waals surface area contributed by atoms with Crippen molar-refractivity contribution in [2.45, 2.75) is 50.8 Å². The van der Waals surface area contributed by atoms with Crippen molar-refractivity contribution in [1.82, 2.24) is 4.98 Å². The number of fused-ring (bicyclic) bond motifs is 2. The number of rotatable bonds is 2. The lowest BCUT2D eigenvalue weighted by molar-refractivity contribution is -0.385. The fourth-order valence-corrected chi connectivity index (χ4v) is 3.44. The summed E-state index contributed by atoms with van der Waals surface area (Å²) >= 11 is 0. The van der Waals surface area contributed by atoms with Gasteiger partial charge in [0.1, 0.15) is 0 Å². The van der Waals surface area contributed by atoms with E-state index in [1.165, 1.54) is 0 Å². The molecule has 2 aliphatic rings. The van der Waals surface area contributed by atoms with Crippen molar-refractivity contribution in [3.63, 3.8) is 0 Å². The van der Waals surface area contributed by atoms with Crippen LogP contribution in [-0.2, 0) is 0 Å². The highest BCUT2D eigenvalue weighted by atomic mass is 16.6. The van der Waals surface area contributed by atoms with Gasteiger partial charge in [0.05, 0.1) is 11.0 Å². The molecule has 0 saturated carbocycles. The van der Waals surface area contributed by atoms with Gasteiger partial charge in [-0.1, -0.05) is 0 Å². The number of aryl methyl sites for hydroxylation is 1. The van der Waals surface area contributed by atoms with Gasteiger partial charge in [0.2, 0.25) is 5.82 Å². The molecule has 2 atom stereocenters. The zero-order valence-electron chi connectivity index (χ0n) is 10.8. The quantitative estimate of drug-likeness (QED) is 0.650. The minimum atomic E-state index is -0.345. The van der Waals surface area contributed by atoms with E-state index in [2.05, 4.69) is 9.88 Å². The molecule has 2 bridgehead atoms. The zero-order valence-corrected chi connectivity index (χ0v) is 10.8. The Kier molecular flexibility index (Phi) is 2.89. The first-order chi connectivity index (χ1) is 9.08. The van der Waals surface area contributed by atoms with Crippen molar-refractivity contribution in [3.8, 4) is 0 Å². The van der Waals surface area contributed by atoms with Crippen molar-refractivity contribution >= 4 is 11.5 Å². The second-order valence-electron chi connectivity index (χ2n) is 5.47. The first-order valence-electron chi connectivity index (χ1n) is 6.64. The molecule has 19 heavy (non-hydrogen) atoms. The van der Waals surface area contributed by atoms with Gasteiger partial charge in [-0.2, -0.15) is 0 Å².